The SMILES string of the molecule is O=C(c1cnc2cccnn12)N1CCN2C(=O)OCC2(Cc2ccccc2)C1. The molecule has 2 aliphatic rings. The van der Waals surface area contributed by atoms with Crippen molar-refractivity contribution in [2.24, 2.45) is 0 Å². The van der Waals surface area contributed by atoms with Crippen LogP contribution in [-0.2, 0) is 11.2 Å². The second kappa shape index (κ2) is 6.33. The Hall–Kier alpha value is -3.42. The summed E-state index contributed by atoms with van der Waals surface area (Å²) in [5.41, 5.74) is 1.60. The van der Waals surface area contributed by atoms with Gasteiger partial charge >= 0.3 is 6.09 Å². The Morgan fingerprint density at radius 3 is 2.86 bits per heavy atom. The van der Waals surface area contributed by atoms with Gasteiger partial charge in [-0.3, -0.25) is 9.69 Å². The highest BCUT2D eigenvalue weighted by molar-refractivity contribution is 5.93. The van der Waals surface area contributed by atoms with E-state index < -0.39 is 5.54 Å². The van der Waals surface area contributed by atoms with Gasteiger partial charge in [-0.2, -0.15) is 5.10 Å². The van der Waals surface area contributed by atoms with E-state index in [-0.39, 0.29) is 18.6 Å². The lowest BCUT2D eigenvalue weighted by Gasteiger charge is -2.44. The number of benzene rings is 1. The van der Waals surface area contributed by atoms with Crippen molar-refractivity contribution < 1.29 is 14.3 Å². The number of fused-ring (bicyclic) bond motifs is 2. The number of cyclic esters (lactones) is 1. The molecule has 1 atom stereocenters. The molecule has 0 N–H and O–H groups in total. The van der Waals surface area contributed by atoms with E-state index in [2.05, 4.69) is 10.1 Å². The van der Waals surface area contributed by atoms with E-state index in [9.17, 15) is 9.59 Å². The molecule has 4 heterocycles. The van der Waals surface area contributed by atoms with E-state index in [1.165, 1.54) is 0 Å². The van der Waals surface area contributed by atoms with Gasteiger partial charge in [-0.25, -0.2) is 14.3 Å². The van der Waals surface area contributed by atoms with Gasteiger partial charge in [0.1, 0.15) is 12.1 Å². The number of carbonyl (C=O) groups excluding carboxylic acids is 2. The van der Waals surface area contributed by atoms with Gasteiger partial charge in [0.15, 0.2) is 11.3 Å². The number of carbonyl (C=O) groups is 2. The first-order chi connectivity index (χ1) is 13.7. The van der Waals surface area contributed by atoms with Gasteiger partial charge < -0.3 is 9.64 Å². The van der Waals surface area contributed by atoms with Crippen molar-refractivity contribution in [3.8, 4) is 0 Å². The van der Waals surface area contributed by atoms with Crippen LogP contribution in [0.4, 0.5) is 4.79 Å². The van der Waals surface area contributed by atoms with Crippen molar-refractivity contribution in [2.45, 2.75) is 12.0 Å². The number of aromatic nitrogens is 3. The van der Waals surface area contributed by atoms with Crippen molar-refractivity contribution in [3.63, 3.8) is 0 Å². The quantitative estimate of drug-likeness (QED) is 0.693. The zero-order valence-corrected chi connectivity index (χ0v) is 15.2. The first kappa shape index (κ1) is 16.7. The molecule has 0 aliphatic carbocycles. The summed E-state index contributed by atoms with van der Waals surface area (Å²) in [7, 11) is 0. The van der Waals surface area contributed by atoms with E-state index in [1.54, 1.807) is 32.8 Å². The van der Waals surface area contributed by atoms with Crippen molar-refractivity contribution in [1.29, 1.82) is 0 Å². The van der Waals surface area contributed by atoms with Gasteiger partial charge in [0.05, 0.1) is 6.20 Å². The minimum atomic E-state index is -0.555. The lowest BCUT2D eigenvalue weighted by Crippen LogP contribution is -2.63. The first-order valence-corrected chi connectivity index (χ1v) is 9.23. The smallest absolute Gasteiger partial charge is 0.410 e. The fourth-order valence-corrected chi connectivity index (χ4v) is 4.15. The second-order valence-electron chi connectivity index (χ2n) is 7.26. The number of ether oxygens (including phenoxy) is 1. The van der Waals surface area contributed by atoms with E-state index in [0.29, 0.717) is 37.4 Å². The molecule has 2 aromatic heterocycles. The summed E-state index contributed by atoms with van der Waals surface area (Å²) in [6, 6.07) is 13.6. The minimum absolute atomic E-state index is 0.141. The van der Waals surface area contributed by atoms with Crippen molar-refractivity contribution in [2.75, 3.05) is 26.2 Å². The first-order valence-electron chi connectivity index (χ1n) is 9.23. The molecule has 3 aromatic rings. The summed E-state index contributed by atoms with van der Waals surface area (Å²) in [5, 5.41) is 4.24. The summed E-state index contributed by atoms with van der Waals surface area (Å²) < 4.78 is 6.93. The highest BCUT2D eigenvalue weighted by Crippen LogP contribution is 2.32. The van der Waals surface area contributed by atoms with Crippen LogP contribution >= 0.6 is 0 Å². The molecular formula is C20H19N5O3. The fourth-order valence-electron chi connectivity index (χ4n) is 4.15. The van der Waals surface area contributed by atoms with Gasteiger partial charge in [0, 0.05) is 32.3 Å². The van der Waals surface area contributed by atoms with E-state index in [4.69, 9.17) is 4.74 Å². The number of imidazole rings is 1. The third-order valence-corrected chi connectivity index (χ3v) is 5.50. The van der Waals surface area contributed by atoms with Crippen LogP contribution in [0.3, 0.4) is 0 Å². The van der Waals surface area contributed by atoms with Crippen LogP contribution in [-0.4, -0.2) is 68.2 Å². The minimum Gasteiger partial charge on any atom is -0.447 e. The Morgan fingerprint density at radius 1 is 1.14 bits per heavy atom. The molecule has 1 unspecified atom stereocenters. The Balaban J connectivity index is 1.46. The highest BCUT2D eigenvalue weighted by Gasteiger charge is 2.51. The molecule has 28 heavy (non-hydrogen) atoms. The molecule has 8 nitrogen and oxygen atoms in total. The topological polar surface area (TPSA) is 80.0 Å². The van der Waals surface area contributed by atoms with Crippen molar-refractivity contribution >= 4 is 17.6 Å². The summed E-state index contributed by atoms with van der Waals surface area (Å²) in [6.45, 7) is 1.58. The van der Waals surface area contributed by atoms with Crippen LogP contribution in [0.2, 0.25) is 0 Å². The van der Waals surface area contributed by atoms with E-state index >= 15 is 0 Å². The van der Waals surface area contributed by atoms with Gasteiger partial charge in [-0.15, -0.1) is 0 Å². The lowest BCUT2D eigenvalue weighted by molar-refractivity contribution is 0.0369. The predicted molar refractivity (Wildman–Crippen MR) is 99.8 cm³/mol. The summed E-state index contributed by atoms with van der Waals surface area (Å²) in [4.78, 5) is 33.3. The van der Waals surface area contributed by atoms with Gasteiger partial charge in [-0.05, 0) is 17.7 Å². The molecule has 1 aromatic carbocycles. The Bertz CT molecular complexity index is 1050. The molecule has 0 bridgehead atoms. The molecule has 0 spiro atoms. The molecule has 8 heteroatoms. The molecule has 2 saturated heterocycles. The van der Waals surface area contributed by atoms with Crippen molar-refractivity contribution in [3.05, 3.63) is 66.1 Å². The lowest BCUT2D eigenvalue weighted by atomic mass is 9.88. The maximum Gasteiger partial charge on any atom is 0.410 e. The van der Waals surface area contributed by atoms with Crippen LogP contribution in [0.25, 0.3) is 5.65 Å². The molecule has 2 amide bonds. The number of rotatable bonds is 3. The van der Waals surface area contributed by atoms with Gasteiger partial charge in [-0.1, -0.05) is 30.3 Å². The molecular weight excluding hydrogens is 358 g/mol. The zero-order valence-electron chi connectivity index (χ0n) is 15.2. The monoisotopic (exact) mass is 377 g/mol. The predicted octanol–water partition coefficient (Wildman–Crippen LogP) is 1.62. The number of amides is 2. The summed E-state index contributed by atoms with van der Waals surface area (Å²) >= 11 is 0. The standard InChI is InChI=1S/C20H19N5O3/c26-18(16-12-21-17-7-4-8-22-25(16)17)23-9-10-24-19(27)28-14-20(24,13-23)11-15-5-2-1-3-6-15/h1-8,12H,9-11,13-14H2. The van der Waals surface area contributed by atoms with Crippen molar-refractivity contribution in [1.82, 2.24) is 24.4 Å². The highest BCUT2D eigenvalue weighted by atomic mass is 16.6. The molecule has 5 rings (SSSR count). The second-order valence-corrected chi connectivity index (χ2v) is 7.26. The van der Waals surface area contributed by atoms with Crippen LogP contribution in [0.1, 0.15) is 16.1 Å². The Morgan fingerprint density at radius 2 is 2.00 bits per heavy atom. The van der Waals surface area contributed by atoms with E-state index in [0.717, 1.165) is 5.56 Å². The third-order valence-electron chi connectivity index (χ3n) is 5.50. The average molecular weight is 377 g/mol. The maximum atomic E-state index is 13.2. The van der Waals surface area contributed by atoms with Gasteiger partial charge in [0.25, 0.3) is 5.91 Å². The van der Waals surface area contributed by atoms with Crippen LogP contribution in [0, 0.1) is 0 Å². The van der Waals surface area contributed by atoms with Crippen LogP contribution < -0.4 is 0 Å². The third kappa shape index (κ3) is 2.60. The molecule has 2 fully saturated rings. The number of hydrogen-bond donors (Lipinski definition) is 0. The van der Waals surface area contributed by atoms with E-state index in [1.807, 2.05) is 36.4 Å². The fraction of sp³-hybridized carbons (Fsp3) is 0.300. The zero-order chi connectivity index (χ0) is 19.1. The summed E-state index contributed by atoms with van der Waals surface area (Å²) in [5.74, 6) is -0.141. The summed E-state index contributed by atoms with van der Waals surface area (Å²) in [6.07, 6.45) is 3.51. The molecule has 142 valence electrons. The number of nitrogens with zero attached hydrogens (tertiary/aromatic N) is 5. The number of piperazine rings is 1. The largest absolute Gasteiger partial charge is 0.447 e. The number of hydrogen-bond acceptors (Lipinski definition) is 5. The molecule has 0 radical (unpaired) electrons. The Labute approximate surface area is 161 Å². The molecule has 2 aliphatic heterocycles. The maximum absolute atomic E-state index is 13.2. The van der Waals surface area contributed by atoms with Gasteiger partial charge in [0.2, 0.25) is 0 Å². The van der Waals surface area contributed by atoms with Crippen LogP contribution in [0.5, 0.6) is 0 Å². The normalized spacial score (nSPS) is 21.6. The van der Waals surface area contributed by atoms with Crippen LogP contribution in [0.15, 0.2) is 54.9 Å². The molecule has 0 saturated carbocycles. The Kier molecular flexibility index (Phi) is 3.78. The average Bonchev–Trinajstić information content (AvgIpc) is 3.29.